The maximum atomic E-state index is 12.0. The summed E-state index contributed by atoms with van der Waals surface area (Å²) < 4.78 is 0. The molecule has 1 fully saturated rings. The normalized spacial score (nSPS) is 18.7. The highest BCUT2D eigenvalue weighted by Crippen LogP contribution is 2.22. The van der Waals surface area contributed by atoms with Crippen molar-refractivity contribution in [2.75, 3.05) is 24.5 Å². The van der Waals surface area contributed by atoms with Crippen molar-refractivity contribution >= 4 is 11.7 Å². The van der Waals surface area contributed by atoms with Gasteiger partial charge in [0.05, 0.1) is 0 Å². The molecule has 1 aliphatic rings. The summed E-state index contributed by atoms with van der Waals surface area (Å²) in [5.74, 6) is 1.05. The quantitative estimate of drug-likeness (QED) is 0.782. The number of amides is 1. The lowest BCUT2D eigenvalue weighted by Crippen LogP contribution is -2.55. The van der Waals surface area contributed by atoms with Gasteiger partial charge in [0.15, 0.2) is 0 Å². The third kappa shape index (κ3) is 3.73. The van der Waals surface area contributed by atoms with Crippen LogP contribution in [0.3, 0.4) is 0 Å². The first kappa shape index (κ1) is 15.8. The summed E-state index contributed by atoms with van der Waals surface area (Å²) in [5, 5.41) is 6.32. The van der Waals surface area contributed by atoms with E-state index in [9.17, 15) is 4.79 Å². The van der Waals surface area contributed by atoms with E-state index < -0.39 is 0 Å². The maximum Gasteiger partial charge on any atom is 0.242 e. The van der Waals surface area contributed by atoms with Crippen LogP contribution in [0, 0.1) is 6.92 Å². The first-order valence-corrected chi connectivity index (χ1v) is 7.88. The highest BCUT2D eigenvalue weighted by Gasteiger charge is 2.29. The zero-order valence-electron chi connectivity index (χ0n) is 13.3. The molecule has 1 amide bonds. The number of aromatic nitrogens is 1. The molecular formula is C16H26N4O. The van der Waals surface area contributed by atoms with Crippen molar-refractivity contribution in [2.24, 2.45) is 0 Å². The SMILES string of the molecule is CCCNCc1cnc(N2CCNC(=O)C2CC)c(C)c1. The van der Waals surface area contributed by atoms with Crippen molar-refractivity contribution in [3.8, 4) is 0 Å². The molecule has 0 saturated carbocycles. The van der Waals surface area contributed by atoms with Crippen LogP contribution < -0.4 is 15.5 Å². The third-order valence-electron chi connectivity index (χ3n) is 3.85. The molecule has 5 heteroatoms. The molecule has 0 aromatic carbocycles. The predicted molar refractivity (Wildman–Crippen MR) is 85.4 cm³/mol. The van der Waals surface area contributed by atoms with Crippen LogP contribution >= 0.6 is 0 Å². The predicted octanol–water partition coefficient (Wildman–Crippen LogP) is 1.60. The van der Waals surface area contributed by atoms with Crippen LogP contribution in [0.15, 0.2) is 12.3 Å². The van der Waals surface area contributed by atoms with Gasteiger partial charge in [-0.1, -0.05) is 13.8 Å². The molecule has 1 atom stereocenters. The lowest BCUT2D eigenvalue weighted by atomic mass is 10.1. The number of pyridine rings is 1. The number of carbonyl (C=O) groups is 1. The summed E-state index contributed by atoms with van der Waals surface area (Å²) >= 11 is 0. The van der Waals surface area contributed by atoms with Gasteiger partial charge in [0, 0.05) is 25.8 Å². The number of hydrogen-bond donors (Lipinski definition) is 2. The van der Waals surface area contributed by atoms with Gasteiger partial charge in [-0.05, 0) is 43.5 Å². The standard InChI is InChI=1S/C16H26N4O/c1-4-6-17-10-13-9-12(3)15(19-11-13)20-8-7-18-16(21)14(20)5-2/h9,11,14,17H,4-8,10H2,1-3H3,(H,18,21). The number of carbonyl (C=O) groups excluding carboxylic acids is 1. The zero-order chi connectivity index (χ0) is 15.2. The topological polar surface area (TPSA) is 57.3 Å². The maximum absolute atomic E-state index is 12.0. The van der Waals surface area contributed by atoms with Crippen LogP contribution in [0.2, 0.25) is 0 Å². The highest BCUT2D eigenvalue weighted by molar-refractivity contribution is 5.86. The van der Waals surface area contributed by atoms with E-state index in [1.807, 2.05) is 13.1 Å². The minimum Gasteiger partial charge on any atom is -0.353 e. The van der Waals surface area contributed by atoms with Gasteiger partial charge in [-0.15, -0.1) is 0 Å². The van der Waals surface area contributed by atoms with E-state index in [2.05, 4.69) is 40.4 Å². The summed E-state index contributed by atoms with van der Waals surface area (Å²) in [5.41, 5.74) is 2.33. The molecular weight excluding hydrogens is 264 g/mol. The second-order valence-electron chi connectivity index (χ2n) is 5.57. The number of nitrogens with one attached hydrogen (secondary N) is 2. The fourth-order valence-corrected chi connectivity index (χ4v) is 2.81. The van der Waals surface area contributed by atoms with E-state index in [0.29, 0.717) is 6.54 Å². The van der Waals surface area contributed by atoms with Crippen LogP contribution in [-0.2, 0) is 11.3 Å². The first-order chi connectivity index (χ1) is 10.2. The smallest absolute Gasteiger partial charge is 0.242 e. The molecule has 0 spiro atoms. The van der Waals surface area contributed by atoms with E-state index in [1.165, 1.54) is 5.56 Å². The minimum absolute atomic E-state index is 0.103. The number of hydrogen-bond acceptors (Lipinski definition) is 4. The minimum atomic E-state index is -0.103. The molecule has 0 aliphatic carbocycles. The Morgan fingerprint density at radius 1 is 1.48 bits per heavy atom. The molecule has 1 saturated heterocycles. The summed E-state index contributed by atoms with van der Waals surface area (Å²) in [4.78, 5) is 18.7. The summed E-state index contributed by atoms with van der Waals surface area (Å²) in [7, 11) is 0. The molecule has 1 aliphatic heterocycles. The van der Waals surface area contributed by atoms with Crippen LogP contribution in [0.25, 0.3) is 0 Å². The first-order valence-electron chi connectivity index (χ1n) is 7.88. The molecule has 0 bridgehead atoms. The van der Waals surface area contributed by atoms with Crippen molar-refractivity contribution < 1.29 is 4.79 Å². The number of nitrogens with zero attached hydrogens (tertiary/aromatic N) is 2. The molecule has 0 radical (unpaired) electrons. The fourth-order valence-electron chi connectivity index (χ4n) is 2.81. The molecule has 1 unspecified atom stereocenters. The fraction of sp³-hybridized carbons (Fsp3) is 0.625. The van der Waals surface area contributed by atoms with Gasteiger partial charge >= 0.3 is 0 Å². The van der Waals surface area contributed by atoms with Crippen molar-refractivity contribution in [1.29, 1.82) is 0 Å². The molecule has 116 valence electrons. The Morgan fingerprint density at radius 3 is 2.95 bits per heavy atom. The highest BCUT2D eigenvalue weighted by atomic mass is 16.2. The van der Waals surface area contributed by atoms with Crippen LogP contribution in [-0.4, -0.2) is 36.6 Å². The lowest BCUT2D eigenvalue weighted by molar-refractivity contribution is -0.123. The Kier molecular flexibility index (Phi) is 5.56. The van der Waals surface area contributed by atoms with E-state index in [1.54, 1.807) is 0 Å². The van der Waals surface area contributed by atoms with Crippen LogP contribution in [0.1, 0.15) is 37.8 Å². The summed E-state index contributed by atoms with van der Waals surface area (Å²) in [6.07, 6.45) is 3.85. The van der Waals surface area contributed by atoms with E-state index >= 15 is 0 Å². The average molecular weight is 290 g/mol. The van der Waals surface area contributed by atoms with Gasteiger partial charge < -0.3 is 15.5 Å². The van der Waals surface area contributed by atoms with Crippen molar-refractivity contribution in [1.82, 2.24) is 15.6 Å². The van der Waals surface area contributed by atoms with Gasteiger partial charge in [0.2, 0.25) is 5.91 Å². The molecule has 21 heavy (non-hydrogen) atoms. The van der Waals surface area contributed by atoms with Gasteiger partial charge in [-0.3, -0.25) is 4.79 Å². The summed E-state index contributed by atoms with van der Waals surface area (Å²) in [6.45, 7) is 9.66. The van der Waals surface area contributed by atoms with Gasteiger partial charge in [0.1, 0.15) is 11.9 Å². The number of piperazine rings is 1. The third-order valence-corrected chi connectivity index (χ3v) is 3.85. The second-order valence-corrected chi connectivity index (χ2v) is 5.57. The molecule has 1 aromatic heterocycles. The van der Waals surface area contributed by atoms with Crippen LogP contribution in [0.4, 0.5) is 5.82 Å². The zero-order valence-corrected chi connectivity index (χ0v) is 13.3. The number of aryl methyl sites for hydroxylation is 1. The number of rotatable bonds is 6. The monoisotopic (exact) mass is 290 g/mol. The molecule has 2 N–H and O–H groups in total. The largest absolute Gasteiger partial charge is 0.353 e. The van der Waals surface area contributed by atoms with Crippen molar-refractivity contribution in [2.45, 2.75) is 46.2 Å². The second kappa shape index (κ2) is 7.41. The van der Waals surface area contributed by atoms with E-state index in [0.717, 1.165) is 43.9 Å². The van der Waals surface area contributed by atoms with Gasteiger partial charge in [-0.25, -0.2) is 4.98 Å². The van der Waals surface area contributed by atoms with Gasteiger partial charge in [-0.2, -0.15) is 0 Å². The van der Waals surface area contributed by atoms with E-state index in [4.69, 9.17) is 0 Å². The van der Waals surface area contributed by atoms with Crippen LogP contribution in [0.5, 0.6) is 0 Å². The lowest BCUT2D eigenvalue weighted by Gasteiger charge is -2.36. The Hall–Kier alpha value is -1.62. The average Bonchev–Trinajstić information content (AvgIpc) is 2.47. The van der Waals surface area contributed by atoms with E-state index in [-0.39, 0.29) is 11.9 Å². The van der Waals surface area contributed by atoms with Crippen molar-refractivity contribution in [3.05, 3.63) is 23.4 Å². The van der Waals surface area contributed by atoms with Gasteiger partial charge in [0.25, 0.3) is 0 Å². The Labute approximate surface area is 127 Å². The Morgan fingerprint density at radius 2 is 2.29 bits per heavy atom. The number of anilines is 1. The molecule has 5 nitrogen and oxygen atoms in total. The van der Waals surface area contributed by atoms with Crippen molar-refractivity contribution in [3.63, 3.8) is 0 Å². The molecule has 1 aromatic rings. The Bertz CT molecular complexity index is 489. The molecule has 2 heterocycles. The summed E-state index contributed by atoms with van der Waals surface area (Å²) in [6, 6.07) is 2.07. The Balaban J connectivity index is 2.14. The molecule has 2 rings (SSSR count).